The summed E-state index contributed by atoms with van der Waals surface area (Å²) in [6.07, 6.45) is -7.18. The molecule has 1 saturated heterocycles. The normalized spacial score (nSPS) is 36.1. The summed E-state index contributed by atoms with van der Waals surface area (Å²) in [5.41, 5.74) is -2.51. The number of hydrogen-bond donors (Lipinski definition) is 0. The average Bonchev–Trinajstić information content (AvgIpc) is 2.06. The first-order valence-electron chi connectivity index (χ1n) is 3.24. The Labute approximate surface area is 66.4 Å². The Morgan fingerprint density at radius 1 is 1.50 bits per heavy atom. The predicted molar refractivity (Wildman–Crippen MR) is 31.5 cm³/mol. The molecule has 0 bridgehead atoms. The van der Waals surface area contributed by atoms with Gasteiger partial charge >= 0.3 is 12.3 Å². The van der Waals surface area contributed by atoms with Crippen LogP contribution in [0, 0.1) is 0 Å². The highest BCUT2D eigenvalue weighted by Crippen LogP contribution is 2.41. The molecule has 3 nitrogen and oxygen atoms in total. The molecule has 6 heteroatoms. The van der Waals surface area contributed by atoms with Gasteiger partial charge in [0.15, 0.2) is 6.10 Å². The van der Waals surface area contributed by atoms with Crippen molar-refractivity contribution in [2.75, 3.05) is 0 Å². The maximum absolute atomic E-state index is 12.2. The van der Waals surface area contributed by atoms with Crippen molar-refractivity contribution in [1.82, 2.24) is 0 Å². The lowest BCUT2D eigenvalue weighted by Crippen LogP contribution is -2.49. The highest BCUT2D eigenvalue weighted by Gasteiger charge is 2.63. The van der Waals surface area contributed by atoms with Crippen LogP contribution in [0.15, 0.2) is 0 Å². The molecule has 0 amide bonds. The molecule has 0 aromatic carbocycles. The molecule has 1 aliphatic rings. The molecular weight excluding hydrogens is 177 g/mol. The molecule has 2 atom stereocenters. The maximum atomic E-state index is 12.2. The largest absolute Gasteiger partial charge is 0.509 e. The second-order valence-corrected chi connectivity index (χ2v) is 2.72. The van der Waals surface area contributed by atoms with E-state index < -0.39 is 24.0 Å². The zero-order valence-electron chi connectivity index (χ0n) is 6.44. The van der Waals surface area contributed by atoms with Crippen LogP contribution in [0.1, 0.15) is 13.8 Å². The van der Waals surface area contributed by atoms with E-state index in [0.29, 0.717) is 0 Å². The van der Waals surface area contributed by atoms with Gasteiger partial charge in [-0.1, -0.05) is 0 Å². The molecule has 0 saturated carbocycles. The van der Waals surface area contributed by atoms with Crippen molar-refractivity contribution in [3.8, 4) is 0 Å². The molecule has 1 rings (SSSR count). The topological polar surface area (TPSA) is 35.5 Å². The fraction of sp³-hybridized carbons (Fsp3) is 0.833. The van der Waals surface area contributed by atoms with Gasteiger partial charge in [-0.25, -0.2) is 4.79 Å². The molecular formula is C6H7F3O3. The summed E-state index contributed by atoms with van der Waals surface area (Å²) in [6.45, 7) is 1.92. The van der Waals surface area contributed by atoms with Crippen LogP contribution in [0.25, 0.3) is 0 Å². The minimum atomic E-state index is -4.60. The van der Waals surface area contributed by atoms with Crippen molar-refractivity contribution < 1.29 is 27.4 Å². The van der Waals surface area contributed by atoms with Crippen LogP contribution in [-0.4, -0.2) is 24.0 Å². The molecule has 0 aromatic heterocycles. The van der Waals surface area contributed by atoms with Gasteiger partial charge in [0.1, 0.15) is 0 Å². The summed E-state index contributed by atoms with van der Waals surface area (Å²) in [7, 11) is 0. The van der Waals surface area contributed by atoms with Gasteiger partial charge in [0.05, 0.1) is 0 Å². The summed E-state index contributed by atoms with van der Waals surface area (Å²) in [4.78, 5) is 10.4. The van der Waals surface area contributed by atoms with Crippen molar-refractivity contribution in [2.24, 2.45) is 0 Å². The lowest BCUT2D eigenvalue weighted by molar-refractivity contribution is -0.250. The molecule has 1 fully saturated rings. The van der Waals surface area contributed by atoms with E-state index in [-0.39, 0.29) is 0 Å². The molecule has 0 spiro atoms. The van der Waals surface area contributed by atoms with E-state index in [4.69, 9.17) is 0 Å². The molecule has 1 heterocycles. The Hall–Kier alpha value is -0.940. The first-order chi connectivity index (χ1) is 5.27. The second kappa shape index (κ2) is 2.27. The molecule has 0 aromatic rings. The first-order valence-corrected chi connectivity index (χ1v) is 3.24. The molecule has 0 radical (unpaired) electrons. The second-order valence-electron chi connectivity index (χ2n) is 2.72. The molecule has 0 unspecified atom stereocenters. The fourth-order valence-corrected chi connectivity index (χ4v) is 0.825. The van der Waals surface area contributed by atoms with Gasteiger partial charge in [-0.15, -0.1) is 0 Å². The van der Waals surface area contributed by atoms with Crippen molar-refractivity contribution >= 4 is 6.16 Å². The number of ether oxygens (including phenoxy) is 2. The van der Waals surface area contributed by atoms with E-state index in [2.05, 4.69) is 9.47 Å². The summed E-state index contributed by atoms with van der Waals surface area (Å²) >= 11 is 0. The van der Waals surface area contributed by atoms with Gasteiger partial charge in [-0.2, -0.15) is 13.2 Å². The molecule has 12 heavy (non-hydrogen) atoms. The predicted octanol–water partition coefficient (Wildman–Crippen LogP) is 1.86. The highest BCUT2D eigenvalue weighted by molar-refractivity contribution is 5.63. The smallest absolute Gasteiger partial charge is 0.427 e. The Kier molecular flexibility index (Phi) is 1.73. The molecule has 70 valence electrons. The zero-order chi connectivity index (χ0) is 9.57. The van der Waals surface area contributed by atoms with Crippen LogP contribution in [0.5, 0.6) is 0 Å². The first kappa shape index (κ1) is 9.15. The van der Waals surface area contributed by atoms with E-state index in [9.17, 15) is 18.0 Å². The number of cyclic esters (lactones) is 2. The van der Waals surface area contributed by atoms with Gasteiger partial charge in [0, 0.05) is 0 Å². The SMILES string of the molecule is C[C@@H]1OC(=O)O[C@@]1(C)C(F)(F)F. The van der Waals surface area contributed by atoms with Gasteiger partial charge in [0.25, 0.3) is 0 Å². The Morgan fingerprint density at radius 3 is 2.17 bits per heavy atom. The van der Waals surface area contributed by atoms with Gasteiger partial charge in [0.2, 0.25) is 5.60 Å². The van der Waals surface area contributed by atoms with Crippen molar-refractivity contribution in [3.63, 3.8) is 0 Å². The molecule has 0 N–H and O–H groups in total. The molecule has 0 aliphatic carbocycles. The van der Waals surface area contributed by atoms with Crippen LogP contribution < -0.4 is 0 Å². The Bertz CT molecular complexity index is 213. The third-order valence-electron chi connectivity index (χ3n) is 1.91. The Balaban J connectivity index is 2.92. The average molecular weight is 184 g/mol. The zero-order valence-corrected chi connectivity index (χ0v) is 6.44. The third-order valence-corrected chi connectivity index (χ3v) is 1.91. The summed E-state index contributed by atoms with van der Waals surface area (Å²) in [5.74, 6) is 0. The number of carbonyl (C=O) groups excluding carboxylic acids is 1. The third kappa shape index (κ3) is 1.11. The van der Waals surface area contributed by atoms with Gasteiger partial charge in [-0.3, -0.25) is 0 Å². The summed E-state index contributed by atoms with van der Waals surface area (Å²) in [6, 6.07) is 0. The van der Waals surface area contributed by atoms with E-state index >= 15 is 0 Å². The van der Waals surface area contributed by atoms with Crippen LogP contribution in [0.4, 0.5) is 18.0 Å². The van der Waals surface area contributed by atoms with E-state index in [0.717, 1.165) is 13.8 Å². The number of hydrogen-bond acceptors (Lipinski definition) is 3. The van der Waals surface area contributed by atoms with E-state index in [1.807, 2.05) is 0 Å². The van der Waals surface area contributed by atoms with Crippen LogP contribution in [0.3, 0.4) is 0 Å². The maximum Gasteiger partial charge on any atom is 0.509 e. The molecule has 1 aliphatic heterocycles. The number of halogens is 3. The lowest BCUT2D eigenvalue weighted by Gasteiger charge is -2.26. The minimum absolute atomic E-state index is 0.780. The lowest BCUT2D eigenvalue weighted by atomic mass is 10.0. The number of rotatable bonds is 0. The van der Waals surface area contributed by atoms with Crippen molar-refractivity contribution in [3.05, 3.63) is 0 Å². The van der Waals surface area contributed by atoms with Crippen LogP contribution in [-0.2, 0) is 9.47 Å². The highest BCUT2D eigenvalue weighted by atomic mass is 19.4. The van der Waals surface area contributed by atoms with Crippen LogP contribution >= 0.6 is 0 Å². The Morgan fingerprint density at radius 2 is 2.00 bits per heavy atom. The minimum Gasteiger partial charge on any atom is -0.427 e. The van der Waals surface area contributed by atoms with Gasteiger partial charge in [-0.05, 0) is 13.8 Å². The fourth-order valence-electron chi connectivity index (χ4n) is 0.825. The quantitative estimate of drug-likeness (QED) is 0.539. The monoisotopic (exact) mass is 184 g/mol. The summed E-state index contributed by atoms with van der Waals surface area (Å²) < 4.78 is 44.9. The van der Waals surface area contributed by atoms with Gasteiger partial charge < -0.3 is 9.47 Å². The van der Waals surface area contributed by atoms with E-state index in [1.165, 1.54) is 0 Å². The summed E-state index contributed by atoms with van der Waals surface area (Å²) in [5, 5.41) is 0. The van der Waals surface area contributed by atoms with Crippen LogP contribution in [0.2, 0.25) is 0 Å². The number of alkyl halides is 3. The van der Waals surface area contributed by atoms with Crippen molar-refractivity contribution in [1.29, 1.82) is 0 Å². The standard InChI is InChI=1S/C6H7F3O3/c1-3-5(2,6(7,8)9)12-4(10)11-3/h3H,1-2H3/t3-,5+/m0/s1. The van der Waals surface area contributed by atoms with E-state index in [1.54, 1.807) is 0 Å². The number of carbonyl (C=O) groups is 1. The van der Waals surface area contributed by atoms with Crippen molar-refractivity contribution in [2.45, 2.75) is 31.7 Å².